The van der Waals surface area contributed by atoms with Crippen LogP contribution < -0.4 is 4.74 Å². The summed E-state index contributed by atoms with van der Waals surface area (Å²) in [5, 5.41) is 9.01. The maximum absolute atomic E-state index is 12.1. The lowest BCUT2D eigenvalue weighted by Gasteiger charge is -2.09. The lowest BCUT2D eigenvalue weighted by Crippen LogP contribution is -2.13. The highest BCUT2D eigenvalue weighted by Crippen LogP contribution is 2.22. The maximum atomic E-state index is 12.1. The van der Waals surface area contributed by atoms with Crippen LogP contribution in [0.25, 0.3) is 0 Å². The second kappa shape index (κ2) is 6.45. The zero-order valence-corrected chi connectivity index (χ0v) is 11.2. The van der Waals surface area contributed by atoms with Crippen molar-refractivity contribution in [1.82, 2.24) is 0 Å². The first-order chi connectivity index (χ1) is 10.6. The second-order valence-corrected chi connectivity index (χ2v) is 4.24. The highest BCUT2D eigenvalue weighted by molar-refractivity contribution is 6.02. The lowest BCUT2D eigenvalue weighted by molar-refractivity contribution is 0.0683. The van der Waals surface area contributed by atoms with Crippen LogP contribution >= 0.6 is 0 Å². The van der Waals surface area contributed by atoms with Crippen molar-refractivity contribution in [2.45, 2.75) is 0 Å². The van der Waals surface area contributed by atoms with Crippen LogP contribution in [0.2, 0.25) is 0 Å². The van der Waals surface area contributed by atoms with E-state index in [1.165, 1.54) is 30.3 Å². The Hall–Kier alpha value is -3.28. The Bertz CT molecular complexity index is 763. The SMILES string of the molecule is O=Cc1ccccc1C(=O)Oc1cccc(C(=O)O)c1C=O. The van der Waals surface area contributed by atoms with E-state index < -0.39 is 11.9 Å². The number of hydrogen-bond donors (Lipinski definition) is 1. The molecule has 0 aliphatic rings. The fourth-order valence-corrected chi connectivity index (χ4v) is 1.88. The number of benzene rings is 2. The smallest absolute Gasteiger partial charge is 0.344 e. The second-order valence-electron chi connectivity index (χ2n) is 4.24. The molecule has 0 fully saturated rings. The molecule has 0 atom stereocenters. The molecule has 6 nitrogen and oxygen atoms in total. The molecule has 2 aromatic rings. The molecule has 0 saturated heterocycles. The van der Waals surface area contributed by atoms with Crippen molar-refractivity contribution < 1.29 is 29.0 Å². The van der Waals surface area contributed by atoms with Crippen LogP contribution in [0.3, 0.4) is 0 Å². The monoisotopic (exact) mass is 298 g/mol. The van der Waals surface area contributed by atoms with Crippen LogP contribution in [-0.2, 0) is 0 Å². The van der Waals surface area contributed by atoms with Crippen molar-refractivity contribution in [3.05, 3.63) is 64.7 Å². The van der Waals surface area contributed by atoms with Gasteiger partial charge in [-0.3, -0.25) is 9.59 Å². The maximum Gasteiger partial charge on any atom is 0.344 e. The van der Waals surface area contributed by atoms with E-state index in [1.807, 2.05) is 0 Å². The number of aldehydes is 2. The van der Waals surface area contributed by atoms with Gasteiger partial charge in [0.05, 0.1) is 16.7 Å². The summed E-state index contributed by atoms with van der Waals surface area (Å²) in [6.45, 7) is 0. The van der Waals surface area contributed by atoms with E-state index >= 15 is 0 Å². The first-order valence-corrected chi connectivity index (χ1v) is 6.16. The zero-order valence-electron chi connectivity index (χ0n) is 11.2. The average Bonchev–Trinajstić information content (AvgIpc) is 2.54. The van der Waals surface area contributed by atoms with E-state index in [1.54, 1.807) is 12.1 Å². The predicted octanol–water partition coefficient (Wildman–Crippen LogP) is 2.23. The molecule has 0 unspecified atom stereocenters. The minimum atomic E-state index is -1.31. The van der Waals surface area contributed by atoms with Crippen molar-refractivity contribution in [3.63, 3.8) is 0 Å². The van der Waals surface area contributed by atoms with E-state index in [0.717, 1.165) is 0 Å². The molecule has 0 amide bonds. The van der Waals surface area contributed by atoms with Crippen molar-refractivity contribution in [3.8, 4) is 5.75 Å². The standard InChI is InChI=1S/C16H10O6/c17-8-10-4-1-2-5-11(10)16(21)22-14-7-3-6-12(15(19)20)13(14)9-18/h1-9H,(H,19,20). The van der Waals surface area contributed by atoms with Gasteiger partial charge in [0.15, 0.2) is 12.6 Å². The summed E-state index contributed by atoms with van der Waals surface area (Å²) in [6, 6.07) is 9.86. The van der Waals surface area contributed by atoms with Gasteiger partial charge < -0.3 is 9.84 Å². The molecule has 0 heterocycles. The van der Waals surface area contributed by atoms with Crippen molar-refractivity contribution in [2.75, 3.05) is 0 Å². The van der Waals surface area contributed by atoms with Crippen LogP contribution in [0.1, 0.15) is 41.4 Å². The number of carboxylic acid groups (broad SMARTS) is 1. The molecule has 0 bridgehead atoms. The van der Waals surface area contributed by atoms with Gasteiger partial charge in [0, 0.05) is 5.56 Å². The third-order valence-electron chi connectivity index (χ3n) is 2.92. The minimum Gasteiger partial charge on any atom is -0.478 e. The van der Waals surface area contributed by atoms with E-state index in [-0.39, 0.29) is 28.0 Å². The van der Waals surface area contributed by atoms with Crippen LogP contribution in [-0.4, -0.2) is 29.6 Å². The minimum absolute atomic E-state index is 0.0232. The zero-order chi connectivity index (χ0) is 16.1. The van der Waals surface area contributed by atoms with E-state index in [0.29, 0.717) is 12.6 Å². The molecule has 2 aromatic carbocycles. The normalized spacial score (nSPS) is 9.82. The molecule has 6 heteroatoms. The molecular formula is C16H10O6. The quantitative estimate of drug-likeness (QED) is 0.516. The Labute approximate surface area is 125 Å². The first-order valence-electron chi connectivity index (χ1n) is 6.16. The Morgan fingerprint density at radius 3 is 2.23 bits per heavy atom. The lowest BCUT2D eigenvalue weighted by atomic mass is 10.1. The number of aromatic carboxylic acids is 1. The number of carbonyl (C=O) groups is 4. The molecule has 110 valence electrons. The van der Waals surface area contributed by atoms with Crippen molar-refractivity contribution in [1.29, 1.82) is 0 Å². The number of carbonyl (C=O) groups excluding carboxylic acids is 3. The topological polar surface area (TPSA) is 97.7 Å². The molecule has 0 spiro atoms. The van der Waals surface area contributed by atoms with Crippen LogP contribution in [0.4, 0.5) is 0 Å². The predicted molar refractivity (Wildman–Crippen MR) is 75.6 cm³/mol. The third-order valence-corrected chi connectivity index (χ3v) is 2.92. The van der Waals surface area contributed by atoms with Gasteiger partial charge in [-0.05, 0) is 18.2 Å². The Balaban J connectivity index is 2.41. The van der Waals surface area contributed by atoms with Gasteiger partial charge in [0.2, 0.25) is 0 Å². The number of esters is 1. The van der Waals surface area contributed by atoms with Gasteiger partial charge >= 0.3 is 11.9 Å². The Morgan fingerprint density at radius 2 is 1.59 bits per heavy atom. The summed E-state index contributed by atoms with van der Waals surface area (Å²) in [7, 11) is 0. The number of hydrogen-bond acceptors (Lipinski definition) is 5. The van der Waals surface area contributed by atoms with Crippen molar-refractivity contribution >= 4 is 24.5 Å². The molecule has 2 rings (SSSR count). The van der Waals surface area contributed by atoms with E-state index in [4.69, 9.17) is 9.84 Å². The fraction of sp³-hybridized carbons (Fsp3) is 0. The highest BCUT2D eigenvalue weighted by atomic mass is 16.5. The van der Waals surface area contributed by atoms with Gasteiger partial charge in [-0.2, -0.15) is 0 Å². The molecule has 22 heavy (non-hydrogen) atoms. The molecule has 0 radical (unpaired) electrons. The van der Waals surface area contributed by atoms with E-state index in [2.05, 4.69) is 0 Å². The number of ether oxygens (including phenoxy) is 1. The number of rotatable bonds is 5. The van der Waals surface area contributed by atoms with Gasteiger partial charge in [-0.25, -0.2) is 9.59 Å². The summed E-state index contributed by atoms with van der Waals surface area (Å²) in [6.07, 6.45) is 0.808. The van der Waals surface area contributed by atoms with Crippen molar-refractivity contribution in [2.24, 2.45) is 0 Å². The molecule has 0 aliphatic heterocycles. The van der Waals surface area contributed by atoms with Gasteiger partial charge in [0.25, 0.3) is 0 Å². The Kier molecular flexibility index (Phi) is 4.43. The van der Waals surface area contributed by atoms with Crippen LogP contribution in [0.15, 0.2) is 42.5 Å². The van der Waals surface area contributed by atoms with Gasteiger partial charge in [-0.1, -0.05) is 24.3 Å². The molecule has 0 saturated carbocycles. The summed E-state index contributed by atoms with van der Waals surface area (Å²) in [5.74, 6) is -2.35. The molecule has 0 aromatic heterocycles. The third kappa shape index (κ3) is 2.90. The number of carboxylic acids is 1. The summed E-state index contributed by atoms with van der Waals surface area (Å²) >= 11 is 0. The average molecular weight is 298 g/mol. The summed E-state index contributed by atoms with van der Waals surface area (Å²) in [5.41, 5.74) is -0.361. The highest BCUT2D eigenvalue weighted by Gasteiger charge is 2.18. The Morgan fingerprint density at radius 1 is 0.909 bits per heavy atom. The van der Waals surface area contributed by atoms with Gasteiger partial charge in [-0.15, -0.1) is 0 Å². The first kappa shape index (κ1) is 15.1. The summed E-state index contributed by atoms with van der Waals surface area (Å²) < 4.78 is 5.06. The van der Waals surface area contributed by atoms with Crippen LogP contribution in [0, 0.1) is 0 Å². The van der Waals surface area contributed by atoms with Gasteiger partial charge in [0.1, 0.15) is 5.75 Å². The largest absolute Gasteiger partial charge is 0.478 e. The summed E-state index contributed by atoms with van der Waals surface area (Å²) in [4.78, 5) is 45.1. The molecule has 1 N–H and O–H groups in total. The van der Waals surface area contributed by atoms with Crippen LogP contribution in [0.5, 0.6) is 5.75 Å². The fourth-order valence-electron chi connectivity index (χ4n) is 1.88. The molecular weight excluding hydrogens is 288 g/mol. The van der Waals surface area contributed by atoms with E-state index in [9.17, 15) is 19.2 Å². The molecule has 0 aliphatic carbocycles.